The van der Waals surface area contributed by atoms with Crippen LogP contribution in [-0.2, 0) is 9.59 Å². The third kappa shape index (κ3) is 3.88. The number of carbonyl (C=O) groups is 3. The Hall–Kier alpha value is -1.83. The van der Waals surface area contributed by atoms with Gasteiger partial charge in [-0.3, -0.25) is 14.4 Å². The van der Waals surface area contributed by atoms with Crippen LogP contribution in [0.2, 0.25) is 0 Å². The van der Waals surface area contributed by atoms with Gasteiger partial charge in [-0.25, -0.2) is 0 Å². The topological polar surface area (TPSA) is 85.5 Å². The smallest absolute Gasteiger partial charge is 0.312 e. The van der Waals surface area contributed by atoms with Gasteiger partial charge in [-0.05, 0) is 35.8 Å². The van der Waals surface area contributed by atoms with Gasteiger partial charge < -0.3 is 20.1 Å². The van der Waals surface area contributed by atoms with E-state index >= 15 is 0 Å². The first-order chi connectivity index (χ1) is 10.4. The minimum absolute atomic E-state index is 0.0781. The van der Waals surface area contributed by atoms with E-state index in [1.54, 1.807) is 31.0 Å². The van der Waals surface area contributed by atoms with Crippen LogP contribution in [0.15, 0.2) is 16.7 Å². The van der Waals surface area contributed by atoms with Crippen molar-refractivity contribution in [2.75, 3.05) is 26.2 Å². The van der Waals surface area contributed by atoms with Gasteiger partial charge in [0, 0.05) is 42.9 Å². The molecule has 2 rings (SSSR count). The molecule has 0 atom stereocenters. The van der Waals surface area contributed by atoms with Crippen LogP contribution in [0.25, 0.3) is 0 Å². The summed E-state index contributed by atoms with van der Waals surface area (Å²) in [4.78, 5) is 42.0. The number of nitrogens with one attached hydrogen (secondary N) is 2. The summed E-state index contributed by atoms with van der Waals surface area (Å²) in [5, 5.41) is 2.58. The maximum absolute atomic E-state index is 12.3. The SMILES string of the molecule is CC(C)NC(=O)C(=O)N1CCN(C(=O)c2cc(Br)c[nH]2)CC1. The largest absolute Gasteiger partial charge is 0.356 e. The van der Waals surface area contributed by atoms with Crippen LogP contribution in [0.1, 0.15) is 24.3 Å². The minimum Gasteiger partial charge on any atom is -0.356 e. The zero-order chi connectivity index (χ0) is 16.3. The normalized spacial score (nSPS) is 15.1. The van der Waals surface area contributed by atoms with Crippen molar-refractivity contribution in [2.24, 2.45) is 0 Å². The maximum atomic E-state index is 12.3. The highest BCUT2D eigenvalue weighted by Crippen LogP contribution is 2.13. The first-order valence-corrected chi connectivity index (χ1v) is 7.90. The number of aromatic amines is 1. The van der Waals surface area contributed by atoms with Crippen molar-refractivity contribution < 1.29 is 14.4 Å². The third-order valence-electron chi connectivity index (χ3n) is 3.35. The van der Waals surface area contributed by atoms with E-state index in [2.05, 4.69) is 26.2 Å². The van der Waals surface area contributed by atoms with Crippen LogP contribution in [0.3, 0.4) is 0 Å². The van der Waals surface area contributed by atoms with E-state index in [-0.39, 0.29) is 11.9 Å². The minimum atomic E-state index is -0.594. The van der Waals surface area contributed by atoms with Crippen LogP contribution in [-0.4, -0.2) is 64.7 Å². The lowest BCUT2D eigenvalue weighted by Crippen LogP contribution is -2.54. The molecule has 3 amide bonds. The summed E-state index contributed by atoms with van der Waals surface area (Å²) in [6.45, 7) is 5.15. The Morgan fingerprint density at radius 1 is 1.18 bits per heavy atom. The zero-order valence-corrected chi connectivity index (χ0v) is 14.1. The average Bonchev–Trinajstić information content (AvgIpc) is 2.91. The number of piperazine rings is 1. The fourth-order valence-electron chi connectivity index (χ4n) is 2.24. The molecule has 8 heteroatoms. The van der Waals surface area contributed by atoms with Crippen LogP contribution in [0.5, 0.6) is 0 Å². The molecule has 1 aromatic rings. The van der Waals surface area contributed by atoms with E-state index in [1.165, 1.54) is 4.90 Å². The van der Waals surface area contributed by atoms with E-state index in [0.717, 1.165) is 4.47 Å². The summed E-state index contributed by atoms with van der Waals surface area (Å²) < 4.78 is 0.815. The van der Waals surface area contributed by atoms with Gasteiger partial charge in [0.15, 0.2) is 0 Å². The second-order valence-corrected chi connectivity index (χ2v) is 6.36. The molecule has 0 aliphatic carbocycles. The molecule has 2 N–H and O–H groups in total. The number of halogens is 1. The highest BCUT2D eigenvalue weighted by atomic mass is 79.9. The van der Waals surface area contributed by atoms with E-state index in [4.69, 9.17) is 0 Å². The van der Waals surface area contributed by atoms with Gasteiger partial charge in [0.1, 0.15) is 5.69 Å². The standard InChI is InChI=1S/C14H19BrN4O3/c1-9(2)17-12(20)14(22)19-5-3-18(4-6-19)13(21)11-7-10(15)8-16-11/h7-9,16H,3-6H2,1-2H3,(H,17,20). The molecule has 22 heavy (non-hydrogen) atoms. The van der Waals surface area contributed by atoms with E-state index in [0.29, 0.717) is 31.9 Å². The van der Waals surface area contributed by atoms with Crippen molar-refractivity contribution >= 4 is 33.7 Å². The lowest BCUT2D eigenvalue weighted by Gasteiger charge is -2.34. The molecule has 0 aromatic carbocycles. The molecule has 0 spiro atoms. The van der Waals surface area contributed by atoms with Crippen molar-refractivity contribution in [3.8, 4) is 0 Å². The van der Waals surface area contributed by atoms with Gasteiger partial charge in [0.05, 0.1) is 0 Å². The van der Waals surface area contributed by atoms with Crippen molar-refractivity contribution in [1.29, 1.82) is 0 Å². The number of H-pyrrole nitrogens is 1. The molecule has 2 heterocycles. The van der Waals surface area contributed by atoms with Crippen molar-refractivity contribution in [1.82, 2.24) is 20.1 Å². The molecule has 0 unspecified atom stereocenters. The van der Waals surface area contributed by atoms with Crippen LogP contribution in [0.4, 0.5) is 0 Å². The summed E-state index contributed by atoms with van der Waals surface area (Å²) in [5.74, 6) is -1.24. The highest BCUT2D eigenvalue weighted by Gasteiger charge is 2.28. The van der Waals surface area contributed by atoms with Crippen LogP contribution in [0, 0.1) is 0 Å². The molecular formula is C14H19BrN4O3. The Bertz CT molecular complexity index is 576. The fourth-order valence-corrected chi connectivity index (χ4v) is 2.59. The highest BCUT2D eigenvalue weighted by molar-refractivity contribution is 9.10. The average molecular weight is 371 g/mol. The van der Waals surface area contributed by atoms with Crippen LogP contribution >= 0.6 is 15.9 Å². The molecule has 0 radical (unpaired) electrons. The van der Waals surface area contributed by atoms with Gasteiger partial charge in [-0.15, -0.1) is 0 Å². The number of amides is 3. The monoisotopic (exact) mass is 370 g/mol. The van der Waals surface area contributed by atoms with Gasteiger partial charge >= 0.3 is 11.8 Å². The Kier molecular flexibility index (Phi) is 5.23. The third-order valence-corrected chi connectivity index (χ3v) is 3.80. The zero-order valence-electron chi connectivity index (χ0n) is 12.6. The van der Waals surface area contributed by atoms with E-state index in [1.807, 2.05) is 0 Å². The summed E-state index contributed by atoms with van der Waals surface area (Å²) in [7, 11) is 0. The van der Waals surface area contributed by atoms with Crippen molar-refractivity contribution in [2.45, 2.75) is 19.9 Å². The number of aromatic nitrogens is 1. The van der Waals surface area contributed by atoms with E-state index < -0.39 is 11.8 Å². The number of nitrogens with zero attached hydrogens (tertiary/aromatic N) is 2. The van der Waals surface area contributed by atoms with Gasteiger partial charge in [-0.2, -0.15) is 0 Å². The molecular weight excluding hydrogens is 352 g/mol. The molecule has 7 nitrogen and oxygen atoms in total. The van der Waals surface area contributed by atoms with Gasteiger partial charge in [0.25, 0.3) is 5.91 Å². The summed E-state index contributed by atoms with van der Waals surface area (Å²) in [5.41, 5.74) is 0.504. The number of hydrogen-bond donors (Lipinski definition) is 2. The molecule has 0 bridgehead atoms. The van der Waals surface area contributed by atoms with E-state index in [9.17, 15) is 14.4 Å². The first-order valence-electron chi connectivity index (χ1n) is 7.11. The molecule has 1 aliphatic rings. The second-order valence-electron chi connectivity index (χ2n) is 5.44. The van der Waals surface area contributed by atoms with Gasteiger partial charge in [-0.1, -0.05) is 0 Å². The lowest BCUT2D eigenvalue weighted by atomic mass is 10.2. The Labute approximate surface area is 137 Å². The molecule has 1 saturated heterocycles. The van der Waals surface area contributed by atoms with Crippen molar-refractivity contribution in [3.05, 3.63) is 22.4 Å². The fraction of sp³-hybridized carbons (Fsp3) is 0.500. The molecule has 1 aliphatic heterocycles. The molecule has 1 aromatic heterocycles. The Morgan fingerprint density at radius 2 is 1.77 bits per heavy atom. The summed E-state index contributed by atoms with van der Waals surface area (Å²) in [6, 6.07) is 1.64. The van der Waals surface area contributed by atoms with Crippen molar-refractivity contribution in [3.63, 3.8) is 0 Å². The van der Waals surface area contributed by atoms with Gasteiger partial charge in [0.2, 0.25) is 0 Å². The lowest BCUT2D eigenvalue weighted by molar-refractivity contribution is -0.147. The predicted octanol–water partition coefficient (Wildman–Crippen LogP) is 0.586. The maximum Gasteiger partial charge on any atom is 0.312 e. The number of hydrogen-bond acceptors (Lipinski definition) is 3. The molecule has 0 saturated carbocycles. The quantitative estimate of drug-likeness (QED) is 0.746. The summed E-state index contributed by atoms with van der Waals surface area (Å²) in [6.07, 6.45) is 1.70. The predicted molar refractivity (Wildman–Crippen MR) is 84.3 cm³/mol. The molecule has 120 valence electrons. The summed E-state index contributed by atoms with van der Waals surface area (Å²) >= 11 is 3.29. The first kappa shape index (κ1) is 16.5. The Balaban J connectivity index is 1.89. The molecule has 1 fully saturated rings. The van der Waals surface area contributed by atoms with Crippen LogP contribution < -0.4 is 5.32 Å². The number of rotatable bonds is 2. The Morgan fingerprint density at radius 3 is 2.27 bits per heavy atom. The number of carbonyl (C=O) groups excluding carboxylic acids is 3. The second kappa shape index (κ2) is 6.95.